The molecule has 1 heterocycles. The Morgan fingerprint density at radius 2 is 1.80 bits per heavy atom. The Balaban J connectivity index is 2.52. The van der Waals surface area contributed by atoms with Crippen LogP contribution >= 0.6 is 0 Å². The Hall–Kier alpha value is -2.43. The number of nitrogens with zero attached hydrogens (tertiary/aromatic N) is 2. The van der Waals surface area contributed by atoms with Crippen LogP contribution in [0.5, 0.6) is 11.6 Å². The first-order valence-electron chi connectivity index (χ1n) is 6.23. The number of aromatic nitrogens is 2. The monoisotopic (exact) mass is 272 g/mol. The molecule has 0 amide bonds. The highest BCUT2D eigenvalue weighted by Gasteiger charge is 2.20. The third kappa shape index (κ3) is 2.47. The second kappa shape index (κ2) is 5.28. The van der Waals surface area contributed by atoms with Crippen molar-refractivity contribution in [2.24, 2.45) is 0 Å². The number of carbonyl (C=O) groups is 1. The van der Waals surface area contributed by atoms with E-state index in [9.17, 15) is 9.90 Å². The molecule has 5 heteroatoms. The zero-order valence-electron chi connectivity index (χ0n) is 11.9. The molecule has 0 aliphatic rings. The molecule has 0 aliphatic heterocycles. The van der Waals surface area contributed by atoms with Crippen LogP contribution in [0, 0.1) is 27.7 Å². The topological polar surface area (TPSA) is 72.3 Å². The first kappa shape index (κ1) is 14.0. The van der Waals surface area contributed by atoms with Crippen molar-refractivity contribution in [3.8, 4) is 11.6 Å². The summed E-state index contributed by atoms with van der Waals surface area (Å²) in [5, 5.41) is 17.1. The predicted octanol–water partition coefficient (Wildman–Crippen LogP) is 3.20. The summed E-state index contributed by atoms with van der Waals surface area (Å²) in [7, 11) is 0. The minimum atomic E-state index is -1.07. The zero-order chi connectivity index (χ0) is 14.9. The van der Waals surface area contributed by atoms with Gasteiger partial charge >= 0.3 is 5.97 Å². The molecule has 1 aromatic carbocycles. The SMILES string of the molecule is Cc1cccc(Oc2nnc(C)c(C)c2C(=O)O)c1C. The van der Waals surface area contributed by atoms with Crippen LogP contribution in [0.15, 0.2) is 18.2 Å². The normalized spacial score (nSPS) is 10.4. The Bertz CT molecular complexity index is 681. The minimum Gasteiger partial charge on any atom is -0.477 e. The maximum atomic E-state index is 11.4. The fourth-order valence-electron chi connectivity index (χ4n) is 1.85. The summed E-state index contributed by atoms with van der Waals surface area (Å²) in [4.78, 5) is 11.4. The number of benzene rings is 1. The molecule has 0 aliphatic carbocycles. The van der Waals surface area contributed by atoms with Crippen molar-refractivity contribution >= 4 is 5.97 Å². The van der Waals surface area contributed by atoms with E-state index in [2.05, 4.69) is 10.2 Å². The summed E-state index contributed by atoms with van der Waals surface area (Å²) in [6.45, 7) is 7.30. The molecule has 0 saturated heterocycles. The number of hydrogen-bond acceptors (Lipinski definition) is 4. The lowest BCUT2D eigenvalue weighted by atomic mass is 10.1. The molecule has 0 atom stereocenters. The molecule has 104 valence electrons. The standard InChI is InChI=1S/C15H16N2O3/c1-8-6-5-7-12(9(8)2)20-14-13(15(18)19)10(3)11(4)16-17-14/h5-7H,1-4H3,(H,18,19). The van der Waals surface area contributed by atoms with Gasteiger partial charge in [-0.15, -0.1) is 5.10 Å². The number of rotatable bonds is 3. The van der Waals surface area contributed by atoms with Gasteiger partial charge in [0.1, 0.15) is 11.3 Å². The van der Waals surface area contributed by atoms with Crippen molar-refractivity contribution in [3.05, 3.63) is 46.1 Å². The summed E-state index contributed by atoms with van der Waals surface area (Å²) >= 11 is 0. The van der Waals surface area contributed by atoms with E-state index < -0.39 is 5.97 Å². The van der Waals surface area contributed by atoms with Crippen LogP contribution < -0.4 is 4.74 Å². The molecule has 5 nitrogen and oxygen atoms in total. The van der Waals surface area contributed by atoms with Gasteiger partial charge in [-0.1, -0.05) is 12.1 Å². The average Bonchev–Trinajstić information content (AvgIpc) is 2.39. The van der Waals surface area contributed by atoms with Crippen LogP contribution in [0.4, 0.5) is 0 Å². The molecule has 0 spiro atoms. The predicted molar refractivity (Wildman–Crippen MR) is 74.5 cm³/mol. The Kier molecular flexibility index (Phi) is 3.70. The number of hydrogen-bond donors (Lipinski definition) is 1. The van der Waals surface area contributed by atoms with Gasteiger partial charge in [-0.2, -0.15) is 5.10 Å². The van der Waals surface area contributed by atoms with Gasteiger partial charge in [0.15, 0.2) is 0 Å². The molecule has 0 bridgehead atoms. The third-order valence-electron chi connectivity index (χ3n) is 3.40. The van der Waals surface area contributed by atoms with Crippen LogP contribution in [-0.2, 0) is 0 Å². The molecule has 2 rings (SSSR count). The summed E-state index contributed by atoms with van der Waals surface area (Å²) in [6.07, 6.45) is 0. The molecule has 0 saturated carbocycles. The Labute approximate surface area is 117 Å². The molecule has 1 aromatic heterocycles. The van der Waals surface area contributed by atoms with Gasteiger partial charge in [0.05, 0.1) is 5.69 Å². The largest absolute Gasteiger partial charge is 0.477 e. The molecule has 0 radical (unpaired) electrons. The van der Waals surface area contributed by atoms with Crippen LogP contribution in [0.3, 0.4) is 0 Å². The molecule has 1 N–H and O–H groups in total. The minimum absolute atomic E-state index is 0.0225. The molecular formula is C15H16N2O3. The lowest BCUT2D eigenvalue weighted by Gasteiger charge is -2.12. The fraction of sp³-hybridized carbons (Fsp3) is 0.267. The average molecular weight is 272 g/mol. The number of carboxylic acid groups (broad SMARTS) is 1. The lowest BCUT2D eigenvalue weighted by molar-refractivity contribution is 0.0692. The van der Waals surface area contributed by atoms with Crippen molar-refractivity contribution in [2.75, 3.05) is 0 Å². The Morgan fingerprint density at radius 1 is 1.10 bits per heavy atom. The van der Waals surface area contributed by atoms with Crippen molar-refractivity contribution in [1.29, 1.82) is 0 Å². The van der Waals surface area contributed by atoms with E-state index in [0.717, 1.165) is 11.1 Å². The van der Waals surface area contributed by atoms with Crippen LogP contribution in [0.2, 0.25) is 0 Å². The molecule has 20 heavy (non-hydrogen) atoms. The van der Waals surface area contributed by atoms with Gasteiger partial charge in [-0.05, 0) is 50.5 Å². The van der Waals surface area contributed by atoms with Gasteiger partial charge in [-0.25, -0.2) is 4.79 Å². The molecule has 0 unspecified atom stereocenters. The van der Waals surface area contributed by atoms with Crippen molar-refractivity contribution in [3.63, 3.8) is 0 Å². The number of aryl methyl sites for hydroxylation is 2. The first-order chi connectivity index (χ1) is 9.41. The van der Waals surface area contributed by atoms with Crippen molar-refractivity contribution in [1.82, 2.24) is 10.2 Å². The van der Waals surface area contributed by atoms with E-state index in [-0.39, 0.29) is 11.4 Å². The number of carboxylic acids is 1. The highest BCUT2D eigenvalue weighted by molar-refractivity contribution is 5.92. The van der Waals surface area contributed by atoms with Gasteiger partial charge in [0.25, 0.3) is 5.88 Å². The van der Waals surface area contributed by atoms with Gasteiger partial charge in [0, 0.05) is 0 Å². The second-order valence-corrected chi connectivity index (χ2v) is 4.70. The summed E-state index contributed by atoms with van der Waals surface area (Å²) in [5.74, 6) is -0.458. The molecule has 2 aromatic rings. The lowest BCUT2D eigenvalue weighted by Crippen LogP contribution is -2.08. The first-order valence-corrected chi connectivity index (χ1v) is 6.23. The van der Waals surface area contributed by atoms with Crippen molar-refractivity contribution in [2.45, 2.75) is 27.7 Å². The summed E-state index contributed by atoms with van der Waals surface area (Å²) in [5.41, 5.74) is 3.21. The maximum absolute atomic E-state index is 11.4. The maximum Gasteiger partial charge on any atom is 0.341 e. The van der Waals surface area contributed by atoms with Gasteiger partial charge in [0.2, 0.25) is 0 Å². The summed E-state index contributed by atoms with van der Waals surface area (Å²) in [6, 6.07) is 5.60. The van der Waals surface area contributed by atoms with Gasteiger partial charge < -0.3 is 9.84 Å². The Morgan fingerprint density at radius 3 is 2.45 bits per heavy atom. The smallest absolute Gasteiger partial charge is 0.341 e. The fourth-order valence-corrected chi connectivity index (χ4v) is 1.85. The van der Waals surface area contributed by atoms with Crippen molar-refractivity contribution < 1.29 is 14.6 Å². The van der Waals surface area contributed by atoms with Crippen LogP contribution in [0.1, 0.15) is 32.7 Å². The van der Waals surface area contributed by atoms with E-state index in [4.69, 9.17) is 4.74 Å². The van der Waals surface area contributed by atoms with E-state index in [1.807, 2.05) is 26.0 Å². The quantitative estimate of drug-likeness (QED) is 0.928. The van der Waals surface area contributed by atoms with E-state index in [1.165, 1.54) is 0 Å². The molecule has 0 fully saturated rings. The second-order valence-electron chi connectivity index (χ2n) is 4.70. The highest BCUT2D eigenvalue weighted by atomic mass is 16.5. The summed E-state index contributed by atoms with van der Waals surface area (Å²) < 4.78 is 5.66. The van der Waals surface area contributed by atoms with E-state index in [1.54, 1.807) is 19.9 Å². The van der Waals surface area contributed by atoms with E-state index in [0.29, 0.717) is 17.0 Å². The van der Waals surface area contributed by atoms with Gasteiger partial charge in [-0.3, -0.25) is 0 Å². The van der Waals surface area contributed by atoms with E-state index >= 15 is 0 Å². The van der Waals surface area contributed by atoms with Crippen LogP contribution in [0.25, 0.3) is 0 Å². The zero-order valence-corrected chi connectivity index (χ0v) is 11.9. The number of aromatic carboxylic acids is 1. The molecular weight excluding hydrogens is 256 g/mol. The third-order valence-corrected chi connectivity index (χ3v) is 3.40. The van der Waals surface area contributed by atoms with Crippen LogP contribution in [-0.4, -0.2) is 21.3 Å². The number of ether oxygens (including phenoxy) is 1. The highest BCUT2D eigenvalue weighted by Crippen LogP contribution is 2.29.